The van der Waals surface area contributed by atoms with E-state index in [-0.39, 0.29) is 11.3 Å². The van der Waals surface area contributed by atoms with Crippen molar-refractivity contribution in [2.75, 3.05) is 5.32 Å². The number of nitrogens with zero attached hydrogens (tertiary/aromatic N) is 3. The zero-order valence-electron chi connectivity index (χ0n) is 14.2. The summed E-state index contributed by atoms with van der Waals surface area (Å²) in [6.07, 6.45) is 4.23. The van der Waals surface area contributed by atoms with E-state index >= 15 is 0 Å². The summed E-state index contributed by atoms with van der Waals surface area (Å²) >= 11 is 0. The minimum absolute atomic E-state index is 0.0440. The second-order valence-electron chi connectivity index (χ2n) is 5.83. The highest BCUT2D eigenvalue weighted by Gasteiger charge is 2.15. The van der Waals surface area contributed by atoms with Gasteiger partial charge in [-0.25, -0.2) is 4.98 Å². The van der Waals surface area contributed by atoms with Crippen LogP contribution in [0, 0.1) is 5.95 Å². The van der Waals surface area contributed by atoms with E-state index in [0.29, 0.717) is 0 Å². The van der Waals surface area contributed by atoms with Crippen molar-refractivity contribution in [3.8, 4) is 0 Å². The van der Waals surface area contributed by atoms with E-state index in [2.05, 4.69) is 39.7 Å². The highest BCUT2D eigenvalue weighted by molar-refractivity contribution is 5.93. The maximum atomic E-state index is 12.5. The number of hydrogen-bond acceptors (Lipinski definition) is 4. The number of aryl methyl sites for hydroxylation is 1. The SMILES string of the molecule is CC(=O)c1cccnc1F.Cn1ncc2c1Cc1ccccc1NC2. The van der Waals surface area contributed by atoms with Gasteiger partial charge in [-0.05, 0) is 30.7 Å². The second kappa shape index (κ2) is 7.25. The topological polar surface area (TPSA) is 59.8 Å². The van der Waals surface area contributed by atoms with Crippen molar-refractivity contribution in [3.05, 3.63) is 77.1 Å². The fourth-order valence-corrected chi connectivity index (χ4v) is 2.75. The number of rotatable bonds is 1. The van der Waals surface area contributed by atoms with E-state index in [0.717, 1.165) is 13.0 Å². The average Bonchev–Trinajstić information content (AvgIpc) is 2.84. The first-order chi connectivity index (χ1) is 12.1. The molecule has 1 N–H and O–H groups in total. The molecule has 0 fully saturated rings. The van der Waals surface area contributed by atoms with Gasteiger partial charge in [0.25, 0.3) is 0 Å². The Labute approximate surface area is 145 Å². The molecular weight excluding hydrogens is 319 g/mol. The van der Waals surface area contributed by atoms with Crippen LogP contribution in [0.2, 0.25) is 0 Å². The smallest absolute Gasteiger partial charge is 0.223 e. The number of aromatic nitrogens is 3. The number of anilines is 1. The number of benzene rings is 1. The predicted molar refractivity (Wildman–Crippen MR) is 94.0 cm³/mol. The van der Waals surface area contributed by atoms with Crippen LogP contribution in [-0.4, -0.2) is 20.5 Å². The second-order valence-corrected chi connectivity index (χ2v) is 5.83. The minimum Gasteiger partial charge on any atom is -0.381 e. The van der Waals surface area contributed by atoms with Crippen molar-refractivity contribution in [2.24, 2.45) is 7.05 Å². The van der Waals surface area contributed by atoms with Crippen LogP contribution in [0.25, 0.3) is 0 Å². The third-order valence-electron chi connectivity index (χ3n) is 4.13. The molecule has 0 aliphatic carbocycles. The number of Topliss-reactive ketones (excluding diaryl/α,β-unsaturated/α-hetero) is 1. The molecular formula is C19H19FN4O. The van der Waals surface area contributed by atoms with E-state index in [1.807, 2.05) is 17.9 Å². The van der Waals surface area contributed by atoms with E-state index < -0.39 is 5.95 Å². The Hall–Kier alpha value is -3.02. The third-order valence-corrected chi connectivity index (χ3v) is 4.13. The van der Waals surface area contributed by atoms with Crippen molar-refractivity contribution < 1.29 is 9.18 Å². The molecule has 0 bridgehead atoms. The standard InChI is InChI=1S/C12H13N3.C7H6FNO/c1-15-12-6-9-4-2-3-5-11(9)13-7-10(12)8-14-15;1-5(10)6-3-2-4-9-7(6)8/h2-5,8,13H,6-7H2,1H3;2-4H,1H3. The van der Waals surface area contributed by atoms with E-state index in [1.165, 1.54) is 47.8 Å². The van der Waals surface area contributed by atoms with Gasteiger partial charge in [0.2, 0.25) is 5.95 Å². The predicted octanol–water partition coefficient (Wildman–Crippen LogP) is 3.36. The van der Waals surface area contributed by atoms with Crippen LogP contribution in [0.4, 0.5) is 10.1 Å². The zero-order valence-corrected chi connectivity index (χ0v) is 14.2. The highest BCUT2D eigenvalue weighted by Crippen LogP contribution is 2.25. The number of hydrogen-bond donors (Lipinski definition) is 1. The Morgan fingerprint density at radius 1 is 1.20 bits per heavy atom. The van der Waals surface area contributed by atoms with Gasteiger partial charge >= 0.3 is 0 Å². The van der Waals surface area contributed by atoms with Gasteiger partial charge in [0.1, 0.15) is 0 Å². The van der Waals surface area contributed by atoms with Crippen molar-refractivity contribution in [1.29, 1.82) is 0 Å². The largest absolute Gasteiger partial charge is 0.381 e. The first-order valence-electron chi connectivity index (χ1n) is 7.99. The minimum atomic E-state index is -0.699. The summed E-state index contributed by atoms with van der Waals surface area (Å²) in [5.74, 6) is -0.999. The number of carbonyl (C=O) groups is 1. The van der Waals surface area contributed by atoms with Gasteiger partial charge in [-0.15, -0.1) is 0 Å². The van der Waals surface area contributed by atoms with E-state index in [9.17, 15) is 9.18 Å². The van der Waals surface area contributed by atoms with Crippen molar-refractivity contribution in [2.45, 2.75) is 19.9 Å². The van der Waals surface area contributed by atoms with Gasteiger partial charge in [-0.2, -0.15) is 9.49 Å². The van der Waals surface area contributed by atoms with Gasteiger partial charge in [-0.3, -0.25) is 9.48 Å². The molecule has 3 aromatic rings. The molecule has 1 aromatic carbocycles. The van der Waals surface area contributed by atoms with Crippen LogP contribution in [0.1, 0.15) is 34.1 Å². The van der Waals surface area contributed by atoms with Crippen LogP contribution in [0.15, 0.2) is 48.8 Å². The maximum absolute atomic E-state index is 12.5. The third kappa shape index (κ3) is 3.74. The fraction of sp³-hybridized carbons (Fsp3) is 0.211. The lowest BCUT2D eigenvalue weighted by Gasteiger charge is -2.06. The molecule has 0 saturated carbocycles. The van der Waals surface area contributed by atoms with Gasteiger partial charge in [-0.1, -0.05) is 18.2 Å². The van der Waals surface area contributed by atoms with Crippen LogP contribution < -0.4 is 5.32 Å². The molecule has 0 saturated heterocycles. The highest BCUT2D eigenvalue weighted by atomic mass is 19.1. The zero-order chi connectivity index (χ0) is 17.8. The molecule has 3 heterocycles. The Morgan fingerprint density at radius 2 is 2.00 bits per heavy atom. The normalized spacial score (nSPS) is 12.0. The number of fused-ring (bicyclic) bond motifs is 2. The van der Waals surface area contributed by atoms with Crippen LogP contribution in [0.5, 0.6) is 0 Å². The summed E-state index contributed by atoms with van der Waals surface area (Å²) < 4.78 is 14.5. The molecule has 0 spiro atoms. The molecule has 0 unspecified atom stereocenters. The molecule has 4 rings (SSSR count). The molecule has 1 aliphatic heterocycles. The summed E-state index contributed by atoms with van der Waals surface area (Å²) in [6, 6.07) is 11.4. The van der Waals surface area contributed by atoms with Crippen molar-refractivity contribution in [3.63, 3.8) is 0 Å². The summed E-state index contributed by atoms with van der Waals surface area (Å²) in [7, 11) is 2.01. The summed E-state index contributed by atoms with van der Waals surface area (Å²) in [5.41, 5.74) is 5.25. The summed E-state index contributed by atoms with van der Waals surface area (Å²) in [4.78, 5) is 13.9. The molecule has 0 atom stereocenters. The van der Waals surface area contributed by atoms with E-state index in [1.54, 1.807) is 0 Å². The first-order valence-corrected chi connectivity index (χ1v) is 7.99. The first kappa shape index (κ1) is 16.8. The number of pyridine rings is 1. The monoisotopic (exact) mass is 338 g/mol. The van der Waals surface area contributed by atoms with Crippen molar-refractivity contribution in [1.82, 2.24) is 14.8 Å². The summed E-state index contributed by atoms with van der Waals surface area (Å²) in [6.45, 7) is 2.18. The Bertz CT molecular complexity index is 904. The molecule has 0 amide bonds. The molecule has 5 nitrogen and oxygen atoms in total. The fourth-order valence-electron chi connectivity index (χ4n) is 2.75. The Kier molecular flexibility index (Phi) is 4.88. The lowest BCUT2D eigenvalue weighted by Crippen LogP contribution is -2.00. The number of halogens is 1. The quantitative estimate of drug-likeness (QED) is 0.546. The average molecular weight is 338 g/mol. The van der Waals surface area contributed by atoms with Crippen molar-refractivity contribution >= 4 is 11.5 Å². The number of carbonyl (C=O) groups excluding carboxylic acids is 1. The lowest BCUT2D eigenvalue weighted by molar-refractivity contribution is 0.101. The molecule has 2 aromatic heterocycles. The van der Waals surface area contributed by atoms with Gasteiger partial charge < -0.3 is 5.32 Å². The molecule has 25 heavy (non-hydrogen) atoms. The van der Waals surface area contributed by atoms with Gasteiger partial charge in [0, 0.05) is 43.2 Å². The Morgan fingerprint density at radius 3 is 2.72 bits per heavy atom. The van der Waals surface area contributed by atoms with Crippen LogP contribution in [0.3, 0.4) is 0 Å². The maximum Gasteiger partial charge on any atom is 0.223 e. The molecule has 0 radical (unpaired) electrons. The van der Waals surface area contributed by atoms with Crippen LogP contribution in [-0.2, 0) is 20.0 Å². The summed E-state index contributed by atoms with van der Waals surface area (Å²) in [5, 5.41) is 7.73. The molecule has 1 aliphatic rings. The number of ketones is 1. The lowest BCUT2D eigenvalue weighted by atomic mass is 10.1. The number of para-hydroxylation sites is 1. The molecule has 6 heteroatoms. The van der Waals surface area contributed by atoms with Gasteiger partial charge in [0.05, 0.1) is 11.8 Å². The molecule has 128 valence electrons. The Balaban J connectivity index is 0.000000160. The van der Waals surface area contributed by atoms with E-state index in [4.69, 9.17) is 0 Å². The number of nitrogens with one attached hydrogen (secondary N) is 1. The van der Waals surface area contributed by atoms with Gasteiger partial charge in [0.15, 0.2) is 5.78 Å². The van der Waals surface area contributed by atoms with Crippen LogP contribution >= 0.6 is 0 Å².